The number of H-pyrrole nitrogens is 2. The fraction of sp³-hybridized carbons (Fsp3) is 0.429. The Morgan fingerprint density at radius 2 is 2.29 bits per heavy atom. The Morgan fingerprint density at radius 1 is 1.48 bits per heavy atom. The van der Waals surface area contributed by atoms with Crippen LogP contribution in [0.2, 0.25) is 0 Å². The molecule has 2 aromatic heterocycles. The summed E-state index contributed by atoms with van der Waals surface area (Å²) < 4.78 is 1.99. The highest BCUT2D eigenvalue weighted by Crippen LogP contribution is 2.29. The molecule has 1 aliphatic heterocycles. The van der Waals surface area contributed by atoms with Crippen molar-refractivity contribution < 1.29 is 0 Å². The Balaban J connectivity index is 2.31. The molecule has 21 heavy (non-hydrogen) atoms. The molecular weight excluding hydrogens is 268 g/mol. The van der Waals surface area contributed by atoms with Crippen LogP contribution in [-0.4, -0.2) is 26.1 Å². The number of rotatable bonds is 3. The van der Waals surface area contributed by atoms with Gasteiger partial charge in [-0.2, -0.15) is 5.10 Å². The van der Waals surface area contributed by atoms with Gasteiger partial charge in [-0.25, -0.2) is 4.99 Å². The van der Waals surface area contributed by atoms with Crippen LogP contribution in [0.5, 0.6) is 0 Å². The normalized spacial score (nSPS) is 14.7. The van der Waals surface area contributed by atoms with Crippen molar-refractivity contribution in [2.24, 2.45) is 4.99 Å². The van der Waals surface area contributed by atoms with Gasteiger partial charge >= 0.3 is 0 Å². The molecule has 3 rings (SSSR count). The van der Waals surface area contributed by atoms with Gasteiger partial charge in [0.05, 0.1) is 11.9 Å². The summed E-state index contributed by atoms with van der Waals surface area (Å²) in [6.07, 6.45) is 4.75. The van der Waals surface area contributed by atoms with E-state index in [0.29, 0.717) is 5.56 Å². The highest BCUT2D eigenvalue weighted by molar-refractivity contribution is 5.65. The molecule has 0 spiro atoms. The fourth-order valence-corrected chi connectivity index (χ4v) is 2.87. The fourth-order valence-electron chi connectivity index (χ4n) is 2.87. The van der Waals surface area contributed by atoms with E-state index in [1.165, 1.54) is 0 Å². The second kappa shape index (κ2) is 5.16. The van der Waals surface area contributed by atoms with E-state index in [1.54, 1.807) is 6.20 Å². The van der Waals surface area contributed by atoms with Crippen LogP contribution < -0.4 is 11.2 Å². The highest BCUT2D eigenvalue weighted by Gasteiger charge is 2.22. The molecule has 0 fully saturated rings. The lowest BCUT2D eigenvalue weighted by Gasteiger charge is -2.11. The number of nitrogens with one attached hydrogen (secondary N) is 3. The molecule has 3 N–H and O–H groups in total. The van der Waals surface area contributed by atoms with Gasteiger partial charge in [0.2, 0.25) is 5.62 Å². The number of aromatic nitrogens is 4. The van der Waals surface area contributed by atoms with Crippen LogP contribution in [-0.2, 0) is 13.0 Å². The Labute approximate surface area is 121 Å². The van der Waals surface area contributed by atoms with E-state index >= 15 is 0 Å². The third-order valence-corrected chi connectivity index (χ3v) is 3.76. The van der Waals surface area contributed by atoms with Crippen LogP contribution in [0, 0.1) is 5.41 Å². The molecule has 0 atom stereocenters. The van der Waals surface area contributed by atoms with Crippen molar-refractivity contribution in [3.63, 3.8) is 0 Å². The maximum absolute atomic E-state index is 12.3. The molecule has 0 bridgehead atoms. The third kappa shape index (κ3) is 2.24. The zero-order valence-electron chi connectivity index (χ0n) is 12.1. The number of nitrogens with zero attached hydrogens (tertiary/aromatic N) is 3. The lowest BCUT2D eigenvalue weighted by Crippen LogP contribution is -2.28. The van der Waals surface area contributed by atoms with Crippen molar-refractivity contribution in [1.82, 2.24) is 19.7 Å². The number of aromatic amines is 2. The molecule has 0 unspecified atom stereocenters. The Morgan fingerprint density at radius 3 is 3.00 bits per heavy atom. The van der Waals surface area contributed by atoms with Gasteiger partial charge in [0.1, 0.15) is 6.34 Å². The zero-order valence-corrected chi connectivity index (χ0v) is 12.1. The van der Waals surface area contributed by atoms with Crippen molar-refractivity contribution in [3.05, 3.63) is 33.4 Å². The second-order valence-corrected chi connectivity index (χ2v) is 5.46. The maximum Gasteiger partial charge on any atom is 0.256 e. The lowest BCUT2D eigenvalue weighted by atomic mass is 9.98. The number of aryl methyl sites for hydroxylation is 1. The molecule has 0 saturated carbocycles. The molecule has 3 heterocycles. The van der Waals surface area contributed by atoms with Gasteiger partial charge in [-0.15, -0.1) is 0 Å². The van der Waals surface area contributed by atoms with Crippen LogP contribution in [0.15, 0.2) is 16.0 Å². The predicted molar refractivity (Wildman–Crippen MR) is 79.4 cm³/mol. The summed E-state index contributed by atoms with van der Waals surface area (Å²) in [5, 5.41) is 11.5. The molecule has 1 aliphatic rings. The summed E-state index contributed by atoms with van der Waals surface area (Å²) in [6, 6.07) is 0. The molecule has 7 heteroatoms. The van der Waals surface area contributed by atoms with Crippen LogP contribution in [0.4, 0.5) is 0 Å². The van der Waals surface area contributed by atoms with Crippen molar-refractivity contribution in [2.45, 2.75) is 39.2 Å². The number of hydrogen-bond acceptors (Lipinski definition) is 3. The van der Waals surface area contributed by atoms with E-state index in [9.17, 15) is 4.79 Å². The average Bonchev–Trinajstić information content (AvgIpc) is 2.99. The van der Waals surface area contributed by atoms with Gasteiger partial charge in [-0.05, 0) is 18.8 Å². The van der Waals surface area contributed by atoms with Gasteiger partial charge in [-0.3, -0.25) is 19.9 Å². The first-order valence-electron chi connectivity index (χ1n) is 7.06. The zero-order chi connectivity index (χ0) is 15.0. The van der Waals surface area contributed by atoms with Crippen molar-refractivity contribution >= 4 is 6.34 Å². The van der Waals surface area contributed by atoms with Crippen LogP contribution in [0.3, 0.4) is 0 Å². The molecule has 0 saturated heterocycles. The number of fused-ring (bicyclic) bond motifs is 1. The second-order valence-electron chi connectivity index (χ2n) is 5.46. The lowest BCUT2D eigenvalue weighted by molar-refractivity contribution is 0.656. The Hall–Kier alpha value is -2.44. The van der Waals surface area contributed by atoms with E-state index in [2.05, 4.69) is 20.1 Å². The average molecular weight is 286 g/mol. The SMILES string of the molecule is CC(C)c1c(-c2cnn3c2CCC3)[nH]/c(=N/C=N)[nH]c1=O. The summed E-state index contributed by atoms with van der Waals surface area (Å²) in [4.78, 5) is 22.0. The van der Waals surface area contributed by atoms with Gasteiger partial charge in [0.15, 0.2) is 0 Å². The molecule has 0 aliphatic carbocycles. The van der Waals surface area contributed by atoms with E-state index in [0.717, 1.165) is 42.7 Å². The number of hydrogen-bond donors (Lipinski definition) is 3. The summed E-state index contributed by atoms with van der Waals surface area (Å²) >= 11 is 0. The topological polar surface area (TPSA) is 103 Å². The van der Waals surface area contributed by atoms with Crippen LogP contribution in [0.25, 0.3) is 11.3 Å². The Bertz CT molecular complexity index is 808. The van der Waals surface area contributed by atoms with Gasteiger partial charge in [0.25, 0.3) is 5.56 Å². The van der Waals surface area contributed by atoms with Gasteiger partial charge in [0, 0.05) is 23.4 Å². The van der Waals surface area contributed by atoms with Gasteiger partial charge in [-0.1, -0.05) is 13.8 Å². The van der Waals surface area contributed by atoms with E-state index in [-0.39, 0.29) is 17.1 Å². The molecular formula is C14H18N6O. The Kier molecular flexibility index (Phi) is 3.32. The first kappa shape index (κ1) is 13.5. The predicted octanol–water partition coefficient (Wildman–Crippen LogP) is 1.14. The minimum Gasteiger partial charge on any atom is -0.325 e. The molecule has 2 aromatic rings. The largest absolute Gasteiger partial charge is 0.325 e. The summed E-state index contributed by atoms with van der Waals surface area (Å²) in [5.41, 5.74) is 3.69. The highest BCUT2D eigenvalue weighted by atomic mass is 16.1. The summed E-state index contributed by atoms with van der Waals surface area (Å²) in [7, 11) is 0. The van der Waals surface area contributed by atoms with Crippen molar-refractivity contribution in [1.29, 1.82) is 5.41 Å². The first-order chi connectivity index (χ1) is 10.1. The van der Waals surface area contributed by atoms with E-state index in [1.807, 2.05) is 18.5 Å². The molecule has 0 aromatic carbocycles. The van der Waals surface area contributed by atoms with Crippen LogP contribution in [0.1, 0.15) is 37.4 Å². The van der Waals surface area contributed by atoms with Crippen molar-refractivity contribution in [2.75, 3.05) is 0 Å². The molecule has 7 nitrogen and oxygen atoms in total. The van der Waals surface area contributed by atoms with Crippen molar-refractivity contribution in [3.8, 4) is 11.3 Å². The van der Waals surface area contributed by atoms with Gasteiger partial charge < -0.3 is 4.98 Å². The molecule has 110 valence electrons. The summed E-state index contributed by atoms with van der Waals surface area (Å²) in [6.45, 7) is 4.89. The summed E-state index contributed by atoms with van der Waals surface area (Å²) in [5.74, 6) is 0.0750. The molecule has 0 amide bonds. The standard InChI is InChI=1S/C14H18N6O/c1-8(2)11-12(18-14(16-7-15)19-13(11)21)9-6-17-20-5-3-4-10(9)20/h6-8H,3-5H2,1-2H3,(H3,15,16,18,19,21). The minimum absolute atomic E-state index is 0.0750. The monoisotopic (exact) mass is 286 g/mol. The van der Waals surface area contributed by atoms with Crippen LogP contribution >= 0.6 is 0 Å². The third-order valence-electron chi connectivity index (χ3n) is 3.76. The quantitative estimate of drug-likeness (QED) is 0.582. The maximum atomic E-state index is 12.3. The smallest absolute Gasteiger partial charge is 0.256 e. The van der Waals surface area contributed by atoms with E-state index < -0.39 is 0 Å². The van der Waals surface area contributed by atoms with E-state index in [4.69, 9.17) is 5.41 Å². The molecule has 0 radical (unpaired) electrons. The first-order valence-corrected chi connectivity index (χ1v) is 7.06. The minimum atomic E-state index is -0.169.